The zero-order chi connectivity index (χ0) is 19.6. The van der Waals surface area contributed by atoms with Gasteiger partial charge in [0.15, 0.2) is 0 Å². The second kappa shape index (κ2) is 8.26. The van der Waals surface area contributed by atoms with E-state index in [9.17, 15) is 8.42 Å². The molecule has 0 saturated carbocycles. The fraction of sp³-hybridized carbons (Fsp3) is 0.263. The fourth-order valence-corrected chi connectivity index (χ4v) is 5.44. The number of hydrogen-bond donors (Lipinski definition) is 0. The molecule has 1 aliphatic heterocycles. The lowest BCUT2D eigenvalue weighted by molar-refractivity contribution is 0.180. The minimum Gasteiger partial charge on any atom is -0.295 e. The molecule has 0 bridgehead atoms. The van der Waals surface area contributed by atoms with Crippen LogP contribution in [-0.2, 0) is 16.6 Å². The largest absolute Gasteiger partial charge is 0.295 e. The monoisotopic (exact) mass is 434 g/mol. The Morgan fingerprint density at radius 3 is 2.50 bits per heavy atom. The van der Waals surface area contributed by atoms with Gasteiger partial charge in [0.2, 0.25) is 10.0 Å². The van der Waals surface area contributed by atoms with Gasteiger partial charge in [-0.25, -0.2) is 13.4 Å². The van der Waals surface area contributed by atoms with E-state index in [-0.39, 0.29) is 4.90 Å². The molecule has 28 heavy (non-hydrogen) atoms. The summed E-state index contributed by atoms with van der Waals surface area (Å²) in [5.41, 5.74) is 2.05. The molecule has 0 amide bonds. The Morgan fingerprint density at radius 1 is 1.07 bits per heavy atom. The molecule has 0 unspecified atom stereocenters. The summed E-state index contributed by atoms with van der Waals surface area (Å²) in [6.07, 6.45) is 2.97. The van der Waals surface area contributed by atoms with E-state index in [1.165, 1.54) is 10.5 Å². The Hall–Kier alpha value is -1.84. The number of hydrogen-bond acceptors (Lipinski definition) is 6. The van der Waals surface area contributed by atoms with Crippen LogP contribution < -0.4 is 0 Å². The third-order valence-corrected chi connectivity index (χ3v) is 7.71. The summed E-state index contributed by atoms with van der Waals surface area (Å²) in [7, 11) is -3.47. The fourth-order valence-electron chi connectivity index (χ4n) is 3.11. The van der Waals surface area contributed by atoms with Crippen LogP contribution in [0.4, 0.5) is 0 Å². The first kappa shape index (κ1) is 19.5. The van der Waals surface area contributed by atoms with E-state index in [1.807, 2.05) is 24.3 Å². The molecule has 0 radical (unpaired) electrons. The maximum Gasteiger partial charge on any atom is 0.244 e. The molecule has 2 aromatic heterocycles. The molecule has 9 heteroatoms. The molecule has 3 aromatic rings. The van der Waals surface area contributed by atoms with Crippen LogP contribution in [0.15, 0.2) is 59.1 Å². The Kier molecular flexibility index (Phi) is 5.75. The van der Waals surface area contributed by atoms with Gasteiger partial charge < -0.3 is 0 Å². The Balaban J connectivity index is 1.37. The number of halogens is 1. The third-order valence-electron chi connectivity index (χ3n) is 4.63. The minimum atomic E-state index is -3.47. The van der Waals surface area contributed by atoms with Crippen molar-refractivity contribution in [3.63, 3.8) is 0 Å². The smallest absolute Gasteiger partial charge is 0.244 e. The van der Waals surface area contributed by atoms with Crippen LogP contribution in [0.25, 0.3) is 10.6 Å². The average Bonchev–Trinajstić information content (AvgIpc) is 3.18. The molecule has 6 nitrogen and oxygen atoms in total. The summed E-state index contributed by atoms with van der Waals surface area (Å²) in [4.78, 5) is 11.1. The molecule has 146 valence electrons. The minimum absolute atomic E-state index is 0.246. The number of nitrogens with zero attached hydrogens (tertiary/aromatic N) is 4. The second-order valence-electron chi connectivity index (χ2n) is 6.52. The number of pyridine rings is 1. The van der Waals surface area contributed by atoms with Crippen molar-refractivity contribution in [2.24, 2.45) is 0 Å². The van der Waals surface area contributed by atoms with E-state index < -0.39 is 10.0 Å². The van der Waals surface area contributed by atoms with E-state index >= 15 is 0 Å². The quantitative estimate of drug-likeness (QED) is 0.616. The molecule has 1 aliphatic rings. The molecule has 0 N–H and O–H groups in total. The van der Waals surface area contributed by atoms with Gasteiger partial charge in [-0.05, 0) is 24.3 Å². The highest BCUT2D eigenvalue weighted by Crippen LogP contribution is 2.26. The van der Waals surface area contributed by atoms with Gasteiger partial charge in [0.1, 0.15) is 9.90 Å². The van der Waals surface area contributed by atoms with Crippen LogP contribution in [0.3, 0.4) is 0 Å². The maximum absolute atomic E-state index is 12.7. The summed E-state index contributed by atoms with van der Waals surface area (Å²) in [5, 5.41) is 3.73. The van der Waals surface area contributed by atoms with Gasteiger partial charge in [-0.1, -0.05) is 23.7 Å². The second-order valence-corrected chi connectivity index (χ2v) is 9.75. The van der Waals surface area contributed by atoms with Gasteiger partial charge >= 0.3 is 0 Å². The van der Waals surface area contributed by atoms with Gasteiger partial charge in [0, 0.05) is 61.1 Å². The van der Waals surface area contributed by atoms with Crippen LogP contribution in [0, 0.1) is 0 Å². The maximum atomic E-state index is 12.7. The Morgan fingerprint density at radius 2 is 1.82 bits per heavy atom. The van der Waals surface area contributed by atoms with E-state index in [1.54, 1.807) is 29.7 Å². The summed E-state index contributed by atoms with van der Waals surface area (Å²) >= 11 is 7.55. The summed E-state index contributed by atoms with van der Waals surface area (Å²) in [6.45, 7) is 2.99. The highest BCUT2D eigenvalue weighted by molar-refractivity contribution is 7.89. The predicted octanol–water partition coefficient (Wildman–Crippen LogP) is 3.37. The van der Waals surface area contributed by atoms with Crippen molar-refractivity contribution in [1.29, 1.82) is 0 Å². The molecule has 4 rings (SSSR count). The molecular formula is C19H19ClN4O2S2. The molecule has 1 aromatic carbocycles. The number of aromatic nitrogens is 2. The molecule has 0 aliphatic carbocycles. The van der Waals surface area contributed by atoms with Crippen LogP contribution in [0.5, 0.6) is 0 Å². The Labute approximate surface area is 173 Å². The third kappa shape index (κ3) is 4.26. The topological polar surface area (TPSA) is 66.4 Å². The van der Waals surface area contributed by atoms with Gasteiger partial charge in [-0.15, -0.1) is 11.3 Å². The normalized spacial score (nSPS) is 16.3. The van der Waals surface area contributed by atoms with Crippen LogP contribution in [-0.4, -0.2) is 53.8 Å². The number of thiazole rings is 1. The summed E-state index contributed by atoms with van der Waals surface area (Å²) in [5.74, 6) is 0. The zero-order valence-corrected chi connectivity index (χ0v) is 17.4. The van der Waals surface area contributed by atoms with Gasteiger partial charge in [0.05, 0.1) is 5.69 Å². The molecular weight excluding hydrogens is 416 g/mol. The SMILES string of the molecule is O=S(=O)(c1cccnc1)N1CCN(Cc2csc(-c3ccc(Cl)cc3)n2)CC1. The van der Waals surface area contributed by atoms with Crippen molar-refractivity contribution in [3.8, 4) is 10.6 Å². The van der Waals surface area contributed by atoms with Gasteiger partial charge in [-0.3, -0.25) is 9.88 Å². The number of piperazine rings is 1. The number of rotatable bonds is 5. The average molecular weight is 435 g/mol. The van der Waals surface area contributed by atoms with E-state index in [4.69, 9.17) is 16.6 Å². The van der Waals surface area contributed by atoms with E-state index in [0.717, 1.165) is 16.3 Å². The molecule has 3 heterocycles. The lowest BCUT2D eigenvalue weighted by Gasteiger charge is -2.33. The van der Waals surface area contributed by atoms with Crippen LogP contribution >= 0.6 is 22.9 Å². The van der Waals surface area contributed by atoms with Crippen molar-refractivity contribution in [2.45, 2.75) is 11.4 Å². The summed E-state index contributed by atoms with van der Waals surface area (Å²) < 4.78 is 26.9. The van der Waals surface area contributed by atoms with Crippen molar-refractivity contribution < 1.29 is 8.42 Å². The van der Waals surface area contributed by atoms with Crippen LogP contribution in [0.1, 0.15) is 5.69 Å². The highest BCUT2D eigenvalue weighted by atomic mass is 35.5. The first-order chi connectivity index (χ1) is 13.5. The Bertz CT molecular complexity index is 1030. The number of sulfonamides is 1. The van der Waals surface area contributed by atoms with Crippen molar-refractivity contribution >= 4 is 33.0 Å². The molecule has 0 spiro atoms. The molecule has 1 saturated heterocycles. The lowest BCUT2D eigenvalue weighted by Crippen LogP contribution is -2.48. The van der Waals surface area contributed by atoms with Gasteiger partial charge in [0.25, 0.3) is 0 Å². The lowest BCUT2D eigenvalue weighted by atomic mass is 10.2. The standard InChI is InChI=1S/C19H19ClN4O2S2/c20-16-5-3-15(4-6-16)19-22-17(14-27-19)13-23-8-10-24(11-9-23)28(25,26)18-2-1-7-21-12-18/h1-7,12,14H,8-11,13H2. The van der Waals surface area contributed by atoms with E-state index in [0.29, 0.717) is 37.7 Å². The predicted molar refractivity (Wildman–Crippen MR) is 111 cm³/mol. The first-order valence-corrected chi connectivity index (χ1v) is 11.5. The van der Waals surface area contributed by atoms with Crippen molar-refractivity contribution in [3.05, 3.63) is 64.9 Å². The van der Waals surface area contributed by atoms with E-state index in [2.05, 4.69) is 15.3 Å². The highest BCUT2D eigenvalue weighted by Gasteiger charge is 2.28. The number of benzene rings is 1. The van der Waals surface area contributed by atoms with Crippen molar-refractivity contribution in [2.75, 3.05) is 26.2 Å². The van der Waals surface area contributed by atoms with Crippen LogP contribution in [0.2, 0.25) is 5.02 Å². The zero-order valence-electron chi connectivity index (χ0n) is 15.0. The molecule has 1 fully saturated rings. The summed E-state index contributed by atoms with van der Waals surface area (Å²) in [6, 6.07) is 10.9. The van der Waals surface area contributed by atoms with Gasteiger partial charge in [-0.2, -0.15) is 4.31 Å². The molecule has 0 atom stereocenters. The van der Waals surface area contributed by atoms with Crippen molar-refractivity contribution in [1.82, 2.24) is 19.2 Å². The first-order valence-electron chi connectivity index (χ1n) is 8.85.